The molecule has 1 aliphatic rings. The Morgan fingerprint density at radius 3 is 2.83 bits per heavy atom. The predicted octanol–water partition coefficient (Wildman–Crippen LogP) is 0.353. The van der Waals surface area contributed by atoms with Gasteiger partial charge in [-0.2, -0.15) is 0 Å². The molecule has 0 spiro atoms. The zero-order chi connectivity index (χ0) is 13.2. The molecule has 6 nitrogen and oxygen atoms in total. The van der Waals surface area contributed by atoms with Crippen molar-refractivity contribution in [3.8, 4) is 0 Å². The van der Waals surface area contributed by atoms with Gasteiger partial charge in [-0.05, 0) is 12.5 Å². The van der Waals surface area contributed by atoms with Crippen molar-refractivity contribution in [2.45, 2.75) is 19.0 Å². The van der Waals surface area contributed by atoms with E-state index in [2.05, 4.69) is 0 Å². The molecular weight excluding hydrogens is 258 g/mol. The number of hydrogen-bond donors (Lipinski definition) is 1. The quantitative estimate of drug-likeness (QED) is 0.833. The van der Waals surface area contributed by atoms with Crippen LogP contribution in [0.25, 0.3) is 0 Å². The highest BCUT2D eigenvalue weighted by Gasteiger charge is 2.33. The minimum atomic E-state index is -3.01. The normalized spacial score (nSPS) is 22.4. The van der Waals surface area contributed by atoms with Crippen LogP contribution in [0.5, 0.6) is 0 Å². The van der Waals surface area contributed by atoms with Crippen LogP contribution < -0.4 is 0 Å². The van der Waals surface area contributed by atoms with Gasteiger partial charge in [0.05, 0.1) is 30.6 Å². The minimum absolute atomic E-state index is 0.0398. The topological polar surface area (TPSA) is 87.8 Å². The standard InChI is InChI=1S/C11H15NO5S/c13-11(14)6-12(5-9-1-3-17-7-9)10-2-4-18(15,16)8-10/h1,3,7,10H,2,4-6,8H2,(H,13,14). The molecule has 1 aromatic heterocycles. The average Bonchev–Trinajstić information content (AvgIpc) is 2.86. The van der Waals surface area contributed by atoms with Crippen LogP contribution in [0.3, 0.4) is 0 Å². The van der Waals surface area contributed by atoms with Crippen LogP contribution in [-0.2, 0) is 21.2 Å². The van der Waals surface area contributed by atoms with Crippen LogP contribution in [0.4, 0.5) is 0 Å². The Kier molecular flexibility index (Phi) is 3.72. The van der Waals surface area contributed by atoms with Gasteiger partial charge in [0, 0.05) is 18.2 Å². The van der Waals surface area contributed by atoms with Crippen LogP contribution in [0, 0.1) is 0 Å². The molecule has 0 aliphatic carbocycles. The van der Waals surface area contributed by atoms with E-state index in [1.807, 2.05) is 0 Å². The summed E-state index contributed by atoms with van der Waals surface area (Å²) in [6.07, 6.45) is 3.55. The summed E-state index contributed by atoms with van der Waals surface area (Å²) in [6.45, 7) is 0.231. The summed E-state index contributed by atoms with van der Waals surface area (Å²) in [7, 11) is -3.01. The third kappa shape index (κ3) is 3.33. The summed E-state index contributed by atoms with van der Waals surface area (Å²) in [5, 5.41) is 8.89. The fraction of sp³-hybridized carbons (Fsp3) is 0.545. The lowest BCUT2D eigenvalue weighted by atomic mass is 10.2. The Balaban J connectivity index is 2.08. The monoisotopic (exact) mass is 273 g/mol. The Labute approximate surface area is 105 Å². The Bertz CT molecular complexity index is 508. The van der Waals surface area contributed by atoms with E-state index in [0.717, 1.165) is 5.56 Å². The van der Waals surface area contributed by atoms with Gasteiger partial charge >= 0.3 is 5.97 Å². The lowest BCUT2D eigenvalue weighted by Crippen LogP contribution is -2.39. The molecule has 2 rings (SSSR count). The molecule has 1 atom stereocenters. The van der Waals surface area contributed by atoms with E-state index in [1.54, 1.807) is 11.0 Å². The number of carboxylic acids is 1. The van der Waals surface area contributed by atoms with Crippen molar-refractivity contribution in [2.24, 2.45) is 0 Å². The molecular formula is C11H15NO5S. The molecule has 2 heterocycles. The first kappa shape index (κ1) is 13.1. The maximum atomic E-state index is 11.4. The number of carbonyl (C=O) groups is 1. The first-order valence-electron chi connectivity index (χ1n) is 5.63. The summed E-state index contributed by atoms with van der Waals surface area (Å²) in [4.78, 5) is 12.5. The maximum Gasteiger partial charge on any atom is 0.317 e. The van der Waals surface area contributed by atoms with Crippen LogP contribution in [-0.4, -0.2) is 48.5 Å². The average molecular weight is 273 g/mol. The van der Waals surface area contributed by atoms with Gasteiger partial charge in [0.2, 0.25) is 0 Å². The predicted molar refractivity (Wildman–Crippen MR) is 63.8 cm³/mol. The molecule has 100 valence electrons. The van der Waals surface area contributed by atoms with E-state index >= 15 is 0 Å². The maximum absolute atomic E-state index is 11.4. The van der Waals surface area contributed by atoms with E-state index < -0.39 is 15.8 Å². The van der Waals surface area contributed by atoms with Gasteiger partial charge in [-0.3, -0.25) is 9.69 Å². The fourth-order valence-electron chi connectivity index (χ4n) is 2.17. The van der Waals surface area contributed by atoms with Gasteiger partial charge in [0.15, 0.2) is 9.84 Å². The van der Waals surface area contributed by atoms with Crippen molar-refractivity contribution in [1.82, 2.24) is 4.90 Å². The van der Waals surface area contributed by atoms with Gasteiger partial charge in [0.25, 0.3) is 0 Å². The van der Waals surface area contributed by atoms with Gasteiger partial charge in [-0.25, -0.2) is 8.42 Å². The molecule has 1 unspecified atom stereocenters. The molecule has 18 heavy (non-hydrogen) atoms. The fourth-order valence-corrected chi connectivity index (χ4v) is 3.93. The molecule has 0 amide bonds. The Morgan fingerprint density at radius 1 is 1.56 bits per heavy atom. The molecule has 1 saturated heterocycles. The van der Waals surface area contributed by atoms with E-state index in [4.69, 9.17) is 9.52 Å². The summed E-state index contributed by atoms with van der Waals surface area (Å²) < 4.78 is 27.8. The number of hydrogen-bond acceptors (Lipinski definition) is 5. The van der Waals surface area contributed by atoms with Crippen molar-refractivity contribution in [1.29, 1.82) is 0 Å². The second-order valence-electron chi connectivity index (χ2n) is 4.49. The zero-order valence-corrected chi connectivity index (χ0v) is 10.6. The molecule has 1 N–H and O–H groups in total. The molecule has 0 radical (unpaired) electrons. The summed E-state index contributed by atoms with van der Waals surface area (Å²) >= 11 is 0. The highest BCUT2D eigenvalue weighted by Crippen LogP contribution is 2.19. The highest BCUT2D eigenvalue weighted by atomic mass is 32.2. The van der Waals surface area contributed by atoms with Crippen LogP contribution in [0.1, 0.15) is 12.0 Å². The van der Waals surface area contributed by atoms with Crippen molar-refractivity contribution in [3.63, 3.8) is 0 Å². The van der Waals surface area contributed by atoms with Crippen molar-refractivity contribution >= 4 is 15.8 Å². The minimum Gasteiger partial charge on any atom is -0.480 e. The number of rotatable bonds is 5. The van der Waals surface area contributed by atoms with Gasteiger partial charge < -0.3 is 9.52 Å². The first-order chi connectivity index (χ1) is 8.46. The van der Waals surface area contributed by atoms with Gasteiger partial charge in [0.1, 0.15) is 0 Å². The third-order valence-electron chi connectivity index (χ3n) is 3.03. The molecule has 0 aromatic carbocycles. The summed E-state index contributed by atoms with van der Waals surface area (Å²) in [5.74, 6) is -0.778. The molecule has 0 bridgehead atoms. The lowest BCUT2D eigenvalue weighted by Gasteiger charge is -2.25. The van der Waals surface area contributed by atoms with E-state index in [1.165, 1.54) is 12.5 Å². The Hall–Kier alpha value is -1.34. The summed E-state index contributed by atoms with van der Waals surface area (Å²) in [5.41, 5.74) is 0.848. The van der Waals surface area contributed by atoms with Crippen LogP contribution in [0.15, 0.2) is 23.0 Å². The van der Waals surface area contributed by atoms with Crippen LogP contribution in [0.2, 0.25) is 0 Å². The highest BCUT2D eigenvalue weighted by molar-refractivity contribution is 7.91. The second kappa shape index (κ2) is 5.11. The molecule has 1 aliphatic heterocycles. The van der Waals surface area contributed by atoms with E-state index in [9.17, 15) is 13.2 Å². The third-order valence-corrected chi connectivity index (χ3v) is 4.78. The number of furan rings is 1. The van der Waals surface area contributed by atoms with Crippen LogP contribution >= 0.6 is 0 Å². The molecule has 1 aromatic rings. The number of aliphatic carboxylic acids is 1. The zero-order valence-electron chi connectivity index (χ0n) is 9.78. The number of sulfone groups is 1. The number of carboxylic acid groups (broad SMARTS) is 1. The molecule has 0 saturated carbocycles. The summed E-state index contributed by atoms with van der Waals surface area (Å²) in [6, 6.07) is 1.53. The van der Waals surface area contributed by atoms with Crippen molar-refractivity contribution in [2.75, 3.05) is 18.1 Å². The second-order valence-corrected chi connectivity index (χ2v) is 6.72. The lowest BCUT2D eigenvalue weighted by molar-refractivity contribution is -0.139. The van der Waals surface area contributed by atoms with Crippen molar-refractivity contribution < 1.29 is 22.7 Å². The molecule has 7 heteroatoms. The van der Waals surface area contributed by atoms with Gasteiger partial charge in [-0.15, -0.1) is 0 Å². The smallest absolute Gasteiger partial charge is 0.317 e. The van der Waals surface area contributed by atoms with Crippen molar-refractivity contribution in [3.05, 3.63) is 24.2 Å². The Morgan fingerprint density at radius 2 is 2.33 bits per heavy atom. The SMILES string of the molecule is O=C(O)CN(Cc1ccoc1)C1CCS(=O)(=O)C1. The number of nitrogens with zero attached hydrogens (tertiary/aromatic N) is 1. The molecule has 1 fully saturated rings. The largest absolute Gasteiger partial charge is 0.480 e. The van der Waals surface area contributed by atoms with Gasteiger partial charge in [-0.1, -0.05) is 0 Å². The van der Waals surface area contributed by atoms with E-state index in [0.29, 0.717) is 13.0 Å². The van der Waals surface area contributed by atoms with E-state index in [-0.39, 0.29) is 24.1 Å². The first-order valence-corrected chi connectivity index (χ1v) is 7.46.